The van der Waals surface area contributed by atoms with E-state index >= 15 is 0 Å². The number of hydrogen-bond acceptors (Lipinski definition) is 5. The van der Waals surface area contributed by atoms with E-state index in [9.17, 15) is 18.0 Å². The number of nitrogens with zero attached hydrogens (tertiary/aromatic N) is 1. The van der Waals surface area contributed by atoms with Crippen LogP contribution in [0.25, 0.3) is 0 Å². The van der Waals surface area contributed by atoms with Crippen molar-refractivity contribution in [3.05, 3.63) is 17.0 Å². The third-order valence-corrected chi connectivity index (χ3v) is 6.47. The number of hydrogen-bond donors (Lipinski definition) is 2. The molecule has 7 nitrogen and oxygen atoms in total. The van der Waals surface area contributed by atoms with Gasteiger partial charge in [0.2, 0.25) is 5.91 Å². The summed E-state index contributed by atoms with van der Waals surface area (Å²) in [5.41, 5.74) is 0. The van der Waals surface area contributed by atoms with Gasteiger partial charge in [0.15, 0.2) is 0 Å². The van der Waals surface area contributed by atoms with E-state index in [1.54, 1.807) is 6.92 Å². The van der Waals surface area contributed by atoms with Gasteiger partial charge in [-0.15, -0.1) is 11.3 Å². The Bertz CT molecular complexity index is 637. The van der Waals surface area contributed by atoms with Crippen LogP contribution in [0.3, 0.4) is 0 Å². The second-order valence-corrected chi connectivity index (χ2v) is 7.46. The maximum absolute atomic E-state index is 12.5. The zero-order valence-corrected chi connectivity index (χ0v) is 12.3. The summed E-state index contributed by atoms with van der Waals surface area (Å²) in [7, 11) is -3.84. The molecule has 1 unspecified atom stereocenters. The molecule has 20 heavy (non-hydrogen) atoms. The number of piperazine rings is 1. The molecule has 0 bridgehead atoms. The minimum absolute atomic E-state index is 0.0434. The van der Waals surface area contributed by atoms with Crippen LogP contribution in [0.4, 0.5) is 0 Å². The highest BCUT2D eigenvalue weighted by atomic mass is 32.2. The SMILES string of the molecule is CCC1C(=O)NCCN1S(=O)(=O)c1ccc(C(=O)O)s1. The third-order valence-electron chi connectivity index (χ3n) is 3.02. The predicted octanol–water partition coefficient (Wildman–Crippen LogP) is 0.345. The Kier molecular flexibility index (Phi) is 4.11. The van der Waals surface area contributed by atoms with Crippen molar-refractivity contribution in [3.63, 3.8) is 0 Å². The first-order valence-electron chi connectivity index (χ1n) is 6.00. The van der Waals surface area contributed by atoms with E-state index < -0.39 is 22.0 Å². The fourth-order valence-electron chi connectivity index (χ4n) is 2.06. The van der Waals surface area contributed by atoms with Crippen molar-refractivity contribution in [2.24, 2.45) is 0 Å². The number of aromatic carboxylic acids is 1. The third kappa shape index (κ3) is 2.56. The Labute approximate surface area is 120 Å². The molecule has 2 rings (SSSR count). The van der Waals surface area contributed by atoms with E-state index in [4.69, 9.17) is 5.11 Å². The van der Waals surface area contributed by atoms with Gasteiger partial charge < -0.3 is 10.4 Å². The molecule has 9 heteroatoms. The second kappa shape index (κ2) is 5.51. The van der Waals surface area contributed by atoms with Crippen LogP contribution in [-0.4, -0.2) is 48.8 Å². The molecule has 1 amide bonds. The van der Waals surface area contributed by atoms with Crippen molar-refractivity contribution in [2.45, 2.75) is 23.6 Å². The number of nitrogens with one attached hydrogen (secondary N) is 1. The van der Waals surface area contributed by atoms with Gasteiger partial charge in [-0.05, 0) is 18.6 Å². The molecular formula is C11H14N2O5S2. The van der Waals surface area contributed by atoms with E-state index in [0.717, 1.165) is 4.31 Å². The van der Waals surface area contributed by atoms with Crippen LogP contribution in [0.1, 0.15) is 23.0 Å². The van der Waals surface area contributed by atoms with Crippen LogP contribution in [0, 0.1) is 0 Å². The number of carboxylic acid groups (broad SMARTS) is 1. The van der Waals surface area contributed by atoms with Crippen LogP contribution in [0.15, 0.2) is 16.3 Å². The fraction of sp³-hybridized carbons (Fsp3) is 0.455. The lowest BCUT2D eigenvalue weighted by Gasteiger charge is -2.32. The van der Waals surface area contributed by atoms with Gasteiger partial charge in [0.25, 0.3) is 10.0 Å². The van der Waals surface area contributed by atoms with E-state index in [0.29, 0.717) is 17.8 Å². The number of rotatable bonds is 4. The van der Waals surface area contributed by atoms with Gasteiger partial charge in [-0.2, -0.15) is 4.31 Å². The van der Waals surface area contributed by atoms with Gasteiger partial charge in [0.05, 0.1) is 0 Å². The van der Waals surface area contributed by atoms with Crippen molar-refractivity contribution in [3.8, 4) is 0 Å². The van der Waals surface area contributed by atoms with Gasteiger partial charge in [0.1, 0.15) is 15.1 Å². The van der Waals surface area contributed by atoms with E-state index in [-0.39, 0.29) is 28.1 Å². The van der Waals surface area contributed by atoms with E-state index in [1.165, 1.54) is 12.1 Å². The zero-order chi connectivity index (χ0) is 14.9. The Morgan fingerprint density at radius 3 is 2.80 bits per heavy atom. The fourth-order valence-corrected chi connectivity index (χ4v) is 5.00. The minimum atomic E-state index is -3.84. The number of thiophene rings is 1. The zero-order valence-electron chi connectivity index (χ0n) is 10.7. The second-order valence-electron chi connectivity index (χ2n) is 4.25. The first-order valence-corrected chi connectivity index (χ1v) is 8.26. The molecule has 0 aliphatic carbocycles. The average molecular weight is 318 g/mol. The molecule has 1 saturated heterocycles. The summed E-state index contributed by atoms with van der Waals surface area (Å²) in [6, 6.07) is 1.78. The van der Waals surface area contributed by atoms with Crippen LogP contribution in [0.5, 0.6) is 0 Å². The topological polar surface area (TPSA) is 104 Å². The van der Waals surface area contributed by atoms with Crippen LogP contribution in [-0.2, 0) is 14.8 Å². The first-order chi connectivity index (χ1) is 9.37. The summed E-state index contributed by atoms with van der Waals surface area (Å²) in [6.07, 6.45) is 0.363. The molecule has 1 fully saturated rings. The number of carbonyl (C=O) groups excluding carboxylic acids is 1. The monoisotopic (exact) mass is 318 g/mol. The van der Waals surface area contributed by atoms with Crippen molar-refractivity contribution in [2.75, 3.05) is 13.1 Å². The van der Waals surface area contributed by atoms with Crippen molar-refractivity contribution >= 4 is 33.2 Å². The molecule has 2 N–H and O–H groups in total. The normalized spacial score (nSPS) is 20.6. The van der Waals surface area contributed by atoms with Crippen molar-refractivity contribution < 1.29 is 23.1 Å². The Balaban J connectivity index is 2.37. The summed E-state index contributed by atoms with van der Waals surface area (Å²) in [6.45, 7) is 2.17. The Hall–Kier alpha value is -1.45. The summed E-state index contributed by atoms with van der Waals surface area (Å²) in [4.78, 5) is 22.5. The van der Waals surface area contributed by atoms with Gasteiger partial charge in [-0.25, -0.2) is 13.2 Å². The average Bonchev–Trinajstić information content (AvgIpc) is 2.88. The standard InChI is InChI=1S/C11H14N2O5S2/c1-2-7-10(14)12-5-6-13(7)20(17,18)9-4-3-8(19-9)11(15)16/h3-4,7H,2,5-6H2,1H3,(H,12,14)(H,15,16). The molecule has 0 aromatic carbocycles. The summed E-state index contributed by atoms with van der Waals surface area (Å²) in [5, 5.41) is 11.5. The number of amides is 1. The highest BCUT2D eigenvalue weighted by Gasteiger charge is 2.38. The lowest BCUT2D eigenvalue weighted by molar-refractivity contribution is -0.126. The molecule has 1 aliphatic rings. The summed E-state index contributed by atoms with van der Waals surface area (Å²) in [5.74, 6) is -1.49. The molecule has 0 saturated carbocycles. The molecule has 1 atom stereocenters. The van der Waals surface area contributed by atoms with Crippen LogP contribution >= 0.6 is 11.3 Å². The Morgan fingerprint density at radius 2 is 2.25 bits per heavy atom. The first kappa shape index (κ1) is 14.9. The lowest BCUT2D eigenvalue weighted by Crippen LogP contribution is -2.56. The number of sulfonamides is 1. The van der Waals surface area contributed by atoms with Crippen LogP contribution < -0.4 is 5.32 Å². The maximum atomic E-state index is 12.5. The van der Waals surface area contributed by atoms with Gasteiger partial charge >= 0.3 is 5.97 Å². The molecule has 0 spiro atoms. The summed E-state index contributed by atoms with van der Waals surface area (Å²) >= 11 is 0.694. The highest BCUT2D eigenvalue weighted by Crippen LogP contribution is 2.27. The summed E-state index contributed by atoms with van der Waals surface area (Å²) < 4.78 is 26.1. The molecular weight excluding hydrogens is 304 g/mol. The van der Waals surface area contributed by atoms with Crippen LogP contribution in [0.2, 0.25) is 0 Å². The molecule has 0 radical (unpaired) electrons. The van der Waals surface area contributed by atoms with Gasteiger partial charge in [0, 0.05) is 13.1 Å². The molecule has 1 aromatic heterocycles. The van der Waals surface area contributed by atoms with Crippen molar-refractivity contribution in [1.29, 1.82) is 0 Å². The molecule has 1 aromatic rings. The molecule has 2 heterocycles. The smallest absolute Gasteiger partial charge is 0.345 e. The minimum Gasteiger partial charge on any atom is -0.477 e. The largest absolute Gasteiger partial charge is 0.477 e. The number of carboxylic acids is 1. The Morgan fingerprint density at radius 1 is 1.55 bits per heavy atom. The highest BCUT2D eigenvalue weighted by molar-refractivity contribution is 7.91. The van der Waals surface area contributed by atoms with Gasteiger partial charge in [-0.3, -0.25) is 4.79 Å². The maximum Gasteiger partial charge on any atom is 0.345 e. The van der Waals surface area contributed by atoms with E-state index in [2.05, 4.69) is 5.32 Å². The van der Waals surface area contributed by atoms with Gasteiger partial charge in [-0.1, -0.05) is 6.92 Å². The quantitative estimate of drug-likeness (QED) is 0.833. The van der Waals surface area contributed by atoms with E-state index in [1.807, 2.05) is 0 Å². The number of carbonyl (C=O) groups is 2. The predicted molar refractivity (Wildman–Crippen MR) is 72.3 cm³/mol. The molecule has 1 aliphatic heterocycles. The van der Waals surface area contributed by atoms with Crippen molar-refractivity contribution in [1.82, 2.24) is 9.62 Å². The lowest BCUT2D eigenvalue weighted by atomic mass is 10.2. The molecule has 110 valence electrons.